The standard InChI is InChI=1S/C25H24O13/c1-34-13-6-15(27)20-16(7-13)35-10-14(21(20)31)11-2-4-12(5-3-11)36-25-23(33)22(32)24(17(9-26)37-25)38-19(30)8-18(28)29/h2-7,10,17,22-27,32-33H,8-9H2,1H3,(H,28,29)/t17-,22-,23-,24-,25-/m1/s1. The molecular weight excluding hydrogens is 508 g/mol. The number of carbonyl (C=O) groups is 2. The molecule has 0 amide bonds. The van der Waals surface area contributed by atoms with Crippen molar-refractivity contribution in [3.63, 3.8) is 0 Å². The Morgan fingerprint density at radius 3 is 2.39 bits per heavy atom. The molecule has 13 heteroatoms. The molecule has 2 aromatic carbocycles. The molecule has 1 saturated heterocycles. The Balaban J connectivity index is 1.51. The number of aromatic hydroxyl groups is 1. The van der Waals surface area contributed by atoms with E-state index in [-0.39, 0.29) is 28.0 Å². The summed E-state index contributed by atoms with van der Waals surface area (Å²) in [4.78, 5) is 35.4. The second kappa shape index (κ2) is 11.1. The number of methoxy groups -OCH3 is 1. The quantitative estimate of drug-likeness (QED) is 0.197. The number of carbonyl (C=O) groups excluding carboxylic acids is 1. The molecule has 0 radical (unpaired) electrons. The Morgan fingerprint density at radius 2 is 1.76 bits per heavy atom. The van der Waals surface area contributed by atoms with Crippen LogP contribution in [0.3, 0.4) is 0 Å². The first-order valence-electron chi connectivity index (χ1n) is 11.3. The van der Waals surface area contributed by atoms with Crippen LogP contribution in [0, 0.1) is 0 Å². The molecule has 0 bridgehead atoms. The van der Waals surface area contributed by atoms with Gasteiger partial charge in [0.15, 0.2) is 6.10 Å². The third-order valence-corrected chi connectivity index (χ3v) is 5.87. The summed E-state index contributed by atoms with van der Waals surface area (Å²) >= 11 is 0. The van der Waals surface area contributed by atoms with Crippen molar-refractivity contribution in [1.82, 2.24) is 0 Å². The normalized spacial score (nSPS) is 23.1. The zero-order valence-corrected chi connectivity index (χ0v) is 19.8. The Labute approximate surface area is 214 Å². The van der Waals surface area contributed by atoms with Gasteiger partial charge in [-0.1, -0.05) is 12.1 Å². The number of hydrogen-bond donors (Lipinski definition) is 5. The molecule has 38 heavy (non-hydrogen) atoms. The number of hydrogen-bond acceptors (Lipinski definition) is 12. The Kier molecular flexibility index (Phi) is 7.83. The molecule has 1 aliphatic heterocycles. The van der Waals surface area contributed by atoms with E-state index in [1.807, 2.05) is 0 Å². The largest absolute Gasteiger partial charge is 0.507 e. The van der Waals surface area contributed by atoms with Crippen LogP contribution in [0.25, 0.3) is 22.1 Å². The monoisotopic (exact) mass is 532 g/mol. The lowest BCUT2D eigenvalue weighted by Gasteiger charge is -2.41. The minimum atomic E-state index is -1.75. The molecule has 202 valence electrons. The fourth-order valence-electron chi connectivity index (χ4n) is 3.98. The maximum atomic E-state index is 13.0. The van der Waals surface area contributed by atoms with E-state index in [4.69, 9.17) is 28.5 Å². The zero-order chi connectivity index (χ0) is 27.6. The van der Waals surface area contributed by atoms with E-state index in [1.54, 1.807) is 0 Å². The van der Waals surface area contributed by atoms with E-state index < -0.39 is 61.1 Å². The number of aliphatic hydroxyl groups is 3. The summed E-state index contributed by atoms with van der Waals surface area (Å²) in [6, 6.07) is 8.68. The fourth-order valence-corrected chi connectivity index (χ4v) is 3.98. The number of benzene rings is 2. The van der Waals surface area contributed by atoms with Gasteiger partial charge in [0.1, 0.15) is 59.2 Å². The molecule has 5 N–H and O–H groups in total. The molecule has 4 rings (SSSR count). The van der Waals surface area contributed by atoms with Gasteiger partial charge in [-0.15, -0.1) is 0 Å². The van der Waals surface area contributed by atoms with Crippen LogP contribution in [0.15, 0.2) is 51.9 Å². The lowest BCUT2D eigenvalue weighted by molar-refractivity contribution is -0.281. The van der Waals surface area contributed by atoms with Gasteiger partial charge in [0.05, 0.1) is 19.3 Å². The Bertz CT molecular complexity index is 1380. The number of phenols is 1. The minimum absolute atomic E-state index is 0.0232. The first-order valence-corrected chi connectivity index (χ1v) is 11.3. The molecule has 0 aliphatic carbocycles. The lowest BCUT2D eigenvalue weighted by Crippen LogP contribution is -2.61. The number of esters is 1. The van der Waals surface area contributed by atoms with Crippen LogP contribution in [-0.2, 0) is 19.1 Å². The molecule has 0 unspecified atom stereocenters. The van der Waals surface area contributed by atoms with E-state index in [2.05, 4.69) is 0 Å². The van der Waals surface area contributed by atoms with E-state index in [9.17, 15) is 34.8 Å². The van der Waals surface area contributed by atoms with Crippen LogP contribution in [0.4, 0.5) is 0 Å². The Hall–Kier alpha value is -4.17. The first kappa shape index (κ1) is 26.9. The maximum Gasteiger partial charge on any atom is 0.317 e. The van der Waals surface area contributed by atoms with Crippen LogP contribution in [0.1, 0.15) is 6.42 Å². The molecule has 0 saturated carbocycles. The van der Waals surface area contributed by atoms with Crippen molar-refractivity contribution >= 4 is 22.9 Å². The average Bonchev–Trinajstić information content (AvgIpc) is 2.88. The highest BCUT2D eigenvalue weighted by Gasteiger charge is 2.47. The van der Waals surface area contributed by atoms with Crippen LogP contribution in [0.2, 0.25) is 0 Å². The number of fused-ring (bicyclic) bond motifs is 1. The van der Waals surface area contributed by atoms with Gasteiger partial charge < -0.3 is 48.9 Å². The van der Waals surface area contributed by atoms with E-state index in [0.29, 0.717) is 11.3 Å². The van der Waals surface area contributed by atoms with Crippen molar-refractivity contribution in [2.45, 2.75) is 37.1 Å². The molecule has 5 atom stereocenters. The minimum Gasteiger partial charge on any atom is -0.507 e. The molecule has 1 fully saturated rings. The number of phenolic OH excluding ortho intramolecular Hbond substituents is 1. The summed E-state index contributed by atoms with van der Waals surface area (Å²) in [5, 5.41) is 49.4. The smallest absolute Gasteiger partial charge is 0.317 e. The molecular formula is C25H24O13. The third-order valence-electron chi connectivity index (χ3n) is 5.87. The second-order valence-corrected chi connectivity index (χ2v) is 8.37. The molecule has 1 aliphatic rings. The Morgan fingerprint density at radius 1 is 1.05 bits per heavy atom. The van der Waals surface area contributed by atoms with Gasteiger partial charge in [0.25, 0.3) is 0 Å². The van der Waals surface area contributed by atoms with Gasteiger partial charge in [-0.3, -0.25) is 14.4 Å². The molecule has 1 aromatic heterocycles. The van der Waals surface area contributed by atoms with Gasteiger partial charge in [-0.25, -0.2) is 0 Å². The van der Waals surface area contributed by atoms with Crippen LogP contribution in [0.5, 0.6) is 17.2 Å². The average molecular weight is 532 g/mol. The van der Waals surface area contributed by atoms with Gasteiger partial charge in [-0.05, 0) is 17.7 Å². The summed E-state index contributed by atoms with van der Waals surface area (Å²) in [5.41, 5.74) is 0.235. The number of carboxylic acid groups (broad SMARTS) is 1. The number of aliphatic hydroxyl groups excluding tert-OH is 3. The van der Waals surface area contributed by atoms with Crippen molar-refractivity contribution in [1.29, 1.82) is 0 Å². The maximum absolute atomic E-state index is 13.0. The molecule has 13 nitrogen and oxygen atoms in total. The van der Waals surface area contributed by atoms with Crippen LogP contribution < -0.4 is 14.9 Å². The second-order valence-electron chi connectivity index (χ2n) is 8.37. The third kappa shape index (κ3) is 5.40. The van der Waals surface area contributed by atoms with Crippen LogP contribution in [-0.4, -0.2) is 81.9 Å². The van der Waals surface area contributed by atoms with E-state index in [0.717, 1.165) is 0 Å². The predicted molar refractivity (Wildman–Crippen MR) is 127 cm³/mol. The van der Waals surface area contributed by atoms with Crippen molar-refractivity contribution in [2.24, 2.45) is 0 Å². The van der Waals surface area contributed by atoms with Crippen molar-refractivity contribution < 1.29 is 58.5 Å². The highest BCUT2D eigenvalue weighted by Crippen LogP contribution is 2.31. The highest BCUT2D eigenvalue weighted by atomic mass is 16.7. The number of aliphatic carboxylic acids is 1. The molecule has 0 spiro atoms. The van der Waals surface area contributed by atoms with Crippen LogP contribution >= 0.6 is 0 Å². The lowest BCUT2D eigenvalue weighted by atomic mass is 9.99. The van der Waals surface area contributed by atoms with Gasteiger partial charge >= 0.3 is 11.9 Å². The summed E-state index contributed by atoms with van der Waals surface area (Å²) in [6.45, 7) is -0.732. The first-order chi connectivity index (χ1) is 18.1. The topological polar surface area (TPSA) is 202 Å². The fraction of sp³-hybridized carbons (Fsp3) is 0.320. The summed E-state index contributed by atoms with van der Waals surface area (Å²) in [6.07, 6.45) is -7.56. The molecule has 3 aromatic rings. The summed E-state index contributed by atoms with van der Waals surface area (Å²) < 4.78 is 26.5. The van der Waals surface area contributed by atoms with Crippen molar-refractivity contribution in [3.05, 3.63) is 52.9 Å². The number of carboxylic acids is 1. The summed E-state index contributed by atoms with van der Waals surface area (Å²) in [7, 11) is 1.41. The van der Waals surface area contributed by atoms with Gasteiger partial charge in [0.2, 0.25) is 11.7 Å². The number of ether oxygens (including phenoxy) is 4. The van der Waals surface area contributed by atoms with Crippen molar-refractivity contribution in [2.75, 3.05) is 13.7 Å². The zero-order valence-electron chi connectivity index (χ0n) is 19.8. The number of rotatable bonds is 8. The van der Waals surface area contributed by atoms with E-state index >= 15 is 0 Å². The predicted octanol–water partition coefficient (Wildman–Crippen LogP) is 0.378. The SMILES string of the molecule is COc1cc(O)c2c(=O)c(-c3ccc(O[C@@H]4O[C@H](CO)[C@@H](OC(=O)CC(=O)O)[C@H](O)[C@H]4O)cc3)coc2c1. The van der Waals surface area contributed by atoms with Gasteiger partial charge in [0, 0.05) is 12.1 Å². The summed E-state index contributed by atoms with van der Waals surface area (Å²) in [5.74, 6) is -2.47. The van der Waals surface area contributed by atoms with Crippen molar-refractivity contribution in [3.8, 4) is 28.4 Å². The molecule has 2 heterocycles. The van der Waals surface area contributed by atoms with Gasteiger partial charge in [-0.2, -0.15) is 0 Å². The van der Waals surface area contributed by atoms with E-state index in [1.165, 1.54) is 49.8 Å². The highest BCUT2D eigenvalue weighted by molar-refractivity contribution is 5.90.